The number of benzene rings is 7. The van der Waals surface area contributed by atoms with Crippen molar-refractivity contribution in [2.75, 3.05) is 4.90 Å². The maximum Gasteiger partial charge on any atom is 0.0973 e. The van der Waals surface area contributed by atoms with Crippen LogP contribution in [0.4, 0.5) is 17.1 Å². The summed E-state index contributed by atoms with van der Waals surface area (Å²) >= 11 is 0. The second-order valence-electron chi connectivity index (χ2n) is 12.9. The number of pyridine rings is 1. The summed E-state index contributed by atoms with van der Waals surface area (Å²) < 4.78 is 2.35. The van der Waals surface area contributed by atoms with E-state index >= 15 is 0 Å². The van der Waals surface area contributed by atoms with Crippen LogP contribution in [0.25, 0.3) is 71.9 Å². The molecule has 5 nitrogen and oxygen atoms in total. The minimum absolute atomic E-state index is 0.855. The summed E-state index contributed by atoms with van der Waals surface area (Å²) in [5.41, 5.74) is 13.1. The highest BCUT2D eigenvalue weighted by atomic mass is 15.1. The van der Waals surface area contributed by atoms with E-state index in [9.17, 15) is 0 Å². The largest absolute Gasteiger partial charge is 0.310 e. The van der Waals surface area contributed by atoms with Crippen LogP contribution in [0, 0.1) is 0 Å². The van der Waals surface area contributed by atoms with Crippen LogP contribution in [0.15, 0.2) is 188 Å². The van der Waals surface area contributed by atoms with Gasteiger partial charge in [0.2, 0.25) is 0 Å². The quantitative estimate of drug-likeness (QED) is 0.177. The highest BCUT2D eigenvalue weighted by Crippen LogP contribution is 2.41. The Balaban J connectivity index is 1.11. The zero-order valence-corrected chi connectivity index (χ0v) is 28.1. The predicted octanol–water partition coefficient (Wildman–Crippen LogP) is 12.1. The molecule has 10 rings (SSSR count). The number of anilines is 3. The average Bonchev–Trinajstić information content (AvgIpc) is 3.56. The first-order chi connectivity index (χ1) is 25.8. The van der Waals surface area contributed by atoms with Crippen LogP contribution in [0.2, 0.25) is 0 Å². The zero-order chi connectivity index (χ0) is 34.4. The van der Waals surface area contributed by atoms with Crippen molar-refractivity contribution in [1.82, 2.24) is 19.5 Å². The van der Waals surface area contributed by atoms with Crippen LogP contribution in [0.3, 0.4) is 0 Å². The Morgan fingerprint density at radius 2 is 0.904 bits per heavy atom. The van der Waals surface area contributed by atoms with Gasteiger partial charge >= 0.3 is 0 Å². The van der Waals surface area contributed by atoms with Gasteiger partial charge in [-0.3, -0.25) is 4.98 Å². The van der Waals surface area contributed by atoms with Gasteiger partial charge in [-0.05, 0) is 84.9 Å². The highest BCUT2D eigenvalue weighted by molar-refractivity contribution is 6.09. The molecule has 0 aliphatic carbocycles. The molecular formula is C47H31N5. The maximum absolute atomic E-state index is 5.14. The first kappa shape index (κ1) is 29.8. The second-order valence-corrected chi connectivity index (χ2v) is 12.9. The molecule has 0 aliphatic heterocycles. The number of nitrogens with zero attached hydrogens (tertiary/aromatic N) is 5. The molecule has 7 aromatic carbocycles. The first-order valence-corrected chi connectivity index (χ1v) is 17.5. The fourth-order valence-electron chi connectivity index (χ4n) is 7.43. The Hall–Kier alpha value is -7.11. The third-order valence-corrected chi connectivity index (χ3v) is 9.83. The van der Waals surface area contributed by atoms with Gasteiger partial charge in [0.25, 0.3) is 0 Å². The van der Waals surface area contributed by atoms with Crippen LogP contribution in [-0.4, -0.2) is 19.5 Å². The molecule has 0 atom stereocenters. The maximum atomic E-state index is 5.14. The van der Waals surface area contributed by atoms with Gasteiger partial charge in [-0.15, -0.1) is 0 Å². The SMILES string of the molecule is c1ccc(-c2nc3ccccc3nc2-c2ccc(N(c3ccc(-n4c5ccccc5c5ccccc54)cc3)c3cccc4ncccc34)cc2)cc1. The van der Waals surface area contributed by atoms with E-state index in [0.717, 1.165) is 67.2 Å². The van der Waals surface area contributed by atoms with Gasteiger partial charge in [0.05, 0.1) is 44.7 Å². The summed E-state index contributed by atoms with van der Waals surface area (Å²) in [5, 5.41) is 3.57. The Labute approximate surface area is 300 Å². The molecule has 0 spiro atoms. The molecule has 0 N–H and O–H groups in total. The highest BCUT2D eigenvalue weighted by Gasteiger charge is 2.19. The van der Waals surface area contributed by atoms with Gasteiger partial charge in [-0.1, -0.05) is 97.1 Å². The fourth-order valence-corrected chi connectivity index (χ4v) is 7.43. The number of hydrogen-bond donors (Lipinski definition) is 0. The predicted molar refractivity (Wildman–Crippen MR) is 215 cm³/mol. The molecule has 0 unspecified atom stereocenters. The summed E-state index contributed by atoms with van der Waals surface area (Å²) in [7, 11) is 0. The third-order valence-electron chi connectivity index (χ3n) is 9.83. The van der Waals surface area contributed by atoms with Crippen LogP contribution >= 0.6 is 0 Å². The second kappa shape index (κ2) is 12.3. The van der Waals surface area contributed by atoms with Gasteiger partial charge in [-0.2, -0.15) is 0 Å². The van der Waals surface area contributed by atoms with Crippen molar-refractivity contribution in [3.05, 3.63) is 188 Å². The van der Waals surface area contributed by atoms with E-state index in [4.69, 9.17) is 9.97 Å². The van der Waals surface area contributed by atoms with E-state index < -0.39 is 0 Å². The van der Waals surface area contributed by atoms with E-state index in [2.05, 4.69) is 148 Å². The van der Waals surface area contributed by atoms with Crippen LogP contribution in [-0.2, 0) is 0 Å². The summed E-state index contributed by atoms with van der Waals surface area (Å²) in [4.78, 5) is 17.2. The van der Waals surface area contributed by atoms with Gasteiger partial charge in [0.1, 0.15) is 0 Å². The Morgan fingerprint density at radius 1 is 0.385 bits per heavy atom. The molecule has 0 bridgehead atoms. The van der Waals surface area contributed by atoms with E-state index in [-0.39, 0.29) is 0 Å². The van der Waals surface area contributed by atoms with Gasteiger partial charge in [0, 0.05) is 50.5 Å². The van der Waals surface area contributed by atoms with Crippen molar-refractivity contribution in [3.63, 3.8) is 0 Å². The molecule has 3 heterocycles. The van der Waals surface area contributed by atoms with Crippen molar-refractivity contribution in [2.45, 2.75) is 0 Å². The van der Waals surface area contributed by atoms with Crippen molar-refractivity contribution in [2.24, 2.45) is 0 Å². The van der Waals surface area contributed by atoms with Gasteiger partial charge in [0.15, 0.2) is 0 Å². The molecule has 244 valence electrons. The van der Waals surface area contributed by atoms with Crippen LogP contribution in [0.5, 0.6) is 0 Å². The van der Waals surface area contributed by atoms with Crippen LogP contribution in [0.1, 0.15) is 0 Å². The van der Waals surface area contributed by atoms with Crippen molar-refractivity contribution in [1.29, 1.82) is 0 Å². The van der Waals surface area contributed by atoms with Gasteiger partial charge in [-0.25, -0.2) is 9.97 Å². The lowest BCUT2D eigenvalue weighted by Gasteiger charge is -2.27. The molecule has 0 saturated heterocycles. The molecule has 10 aromatic rings. The fraction of sp³-hybridized carbons (Fsp3) is 0. The Morgan fingerprint density at radius 3 is 1.56 bits per heavy atom. The molecule has 52 heavy (non-hydrogen) atoms. The number of fused-ring (bicyclic) bond motifs is 5. The first-order valence-electron chi connectivity index (χ1n) is 17.5. The molecule has 3 aromatic heterocycles. The molecule has 0 fully saturated rings. The third kappa shape index (κ3) is 4.98. The molecule has 0 amide bonds. The zero-order valence-electron chi connectivity index (χ0n) is 28.1. The lowest BCUT2D eigenvalue weighted by Crippen LogP contribution is -2.11. The summed E-state index contributed by atoms with van der Waals surface area (Å²) in [5.74, 6) is 0. The lowest BCUT2D eigenvalue weighted by atomic mass is 10.0. The van der Waals surface area contributed by atoms with Crippen LogP contribution < -0.4 is 4.90 Å². The minimum Gasteiger partial charge on any atom is -0.310 e. The van der Waals surface area contributed by atoms with E-state index in [1.165, 1.54) is 21.8 Å². The monoisotopic (exact) mass is 665 g/mol. The number of hydrogen-bond acceptors (Lipinski definition) is 4. The van der Waals surface area contributed by atoms with Gasteiger partial charge < -0.3 is 9.47 Å². The molecular weight excluding hydrogens is 635 g/mol. The summed E-state index contributed by atoms with van der Waals surface area (Å²) in [6, 6.07) is 63.6. The van der Waals surface area contributed by atoms with E-state index in [0.29, 0.717) is 0 Å². The normalized spacial score (nSPS) is 11.5. The molecule has 0 radical (unpaired) electrons. The standard InChI is InChI=1S/C47H31N5/c1-2-12-32(13-3-1)46-47(50-42-18-7-6-17-41(42)49-46)33-23-25-34(26-24-33)51(45-22-10-19-40-39(45)16-11-31-48-40)35-27-29-36(30-28-35)52-43-20-8-4-14-37(43)38-15-5-9-21-44(38)52/h1-31H. The van der Waals surface area contributed by atoms with Crippen molar-refractivity contribution < 1.29 is 0 Å². The smallest absolute Gasteiger partial charge is 0.0973 e. The topological polar surface area (TPSA) is 46.8 Å². The molecule has 0 aliphatic rings. The Kier molecular flexibility index (Phi) is 7.07. The summed E-state index contributed by atoms with van der Waals surface area (Å²) in [6.45, 7) is 0. The molecule has 0 saturated carbocycles. The Bertz CT molecular complexity index is 2840. The average molecular weight is 666 g/mol. The van der Waals surface area contributed by atoms with Crippen molar-refractivity contribution >= 4 is 60.8 Å². The number of rotatable bonds is 6. The number of aromatic nitrogens is 4. The lowest BCUT2D eigenvalue weighted by molar-refractivity contribution is 1.17. The summed E-state index contributed by atoms with van der Waals surface area (Å²) in [6.07, 6.45) is 1.85. The molecule has 5 heteroatoms. The van der Waals surface area contributed by atoms with E-state index in [1.807, 2.05) is 54.7 Å². The van der Waals surface area contributed by atoms with E-state index in [1.54, 1.807) is 0 Å². The minimum atomic E-state index is 0.855. The number of para-hydroxylation sites is 4. The van der Waals surface area contributed by atoms with Crippen molar-refractivity contribution in [3.8, 4) is 28.2 Å².